The molecule has 0 aliphatic rings. The van der Waals surface area contributed by atoms with E-state index in [-0.39, 0.29) is 23.8 Å². The average molecular weight is 522 g/mol. The number of esters is 1. The quantitative estimate of drug-likeness (QED) is 0.358. The number of para-hydroxylation sites is 1. The summed E-state index contributed by atoms with van der Waals surface area (Å²) in [5, 5.41) is 16.0. The van der Waals surface area contributed by atoms with E-state index in [0.29, 0.717) is 18.4 Å². The number of nitrogens with one attached hydrogen (secondary N) is 2. The van der Waals surface area contributed by atoms with Crippen LogP contribution in [0.3, 0.4) is 0 Å². The lowest BCUT2D eigenvalue weighted by Gasteiger charge is -2.35. The van der Waals surface area contributed by atoms with Gasteiger partial charge in [-0.3, -0.25) is 14.4 Å². The van der Waals surface area contributed by atoms with E-state index in [1.165, 1.54) is 12.0 Å². The molecule has 0 heterocycles. The highest BCUT2D eigenvalue weighted by molar-refractivity contribution is 5.93. The van der Waals surface area contributed by atoms with Gasteiger partial charge in [-0.15, -0.1) is 0 Å². The number of amides is 3. The Morgan fingerprint density at radius 1 is 1.14 bits per heavy atom. The normalized spacial score (nSPS) is 12.9. The third kappa shape index (κ3) is 10.3. The molecular formula is C27H43N3O7. The summed E-state index contributed by atoms with van der Waals surface area (Å²) in [4.78, 5) is 53.1. The van der Waals surface area contributed by atoms with Crippen LogP contribution in [0.15, 0.2) is 18.2 Å². The van der Waals surface area contributed by atoms with Crippen molar-refractivity contribution in [1.82, 2.24) is 15.5 Å². The van der Waals surface area contributed by atoms with Gasteiger partial charge in [0.05, 0.1) is 7.11 Å². The van der Waals surface area contributed by atoms with Crippen LogP contribution < -0.4 is 10.6 Å². The number of carbonyl (C=O) groups is 4. The van der Waals surface area contributed by atoms with Crippen molar-refractivity contribution in [2.24, 2.45) is 5.92 Å². The first-order valence-corrected chi connectivity index (χ1v) is 12.6. The van der Waals surface area contributed by atoms with Gasteiger partial charge in [-0.1, -0.05) is 45.4 Å². The van der Waals surface area contributed by atoms with Crippen molar-refractivity contribution in [2.75, 3.05) is 20.2 Å². The molecule has 10 heteroatoms. The lowest BCUT2D eigenvalue weighted by molar-refractivity contribution is -0.145. The van der Waals surface area contributed by atoms with Gasteiger partial charge in [-0.2, -0.15) is 0 Å². The largest absolute Gasteiger partial charge is 0.507 e. The predicted octanol–water partition coefficient (Wildman–Crippen LogP) is 3.60. The zero-order chi connectivity index (χ0) is 28.3. The summed E-state index contributed by atoms with van der Waals surface area (Å²) in [6.07, 6.45) is 0.859. The summed E-state index contributed by atoms with van der Waals surface area (Å²) in [6.45, 7) is 12.4. The number of aromatic hydroxyl groups is 1. The maximum absolute atomic E-state index is 14.0. The van der Waals surface area contributed by atoms with Crippen LogP contribution in [0.5, 0.6) is 5.75 Å². The van der Waals surface area contributed by atoms with Gasteiger partial charge in [0.2, 0.25) is 11.8 Å². The van der Waals surface area contributed by atoms with E-state index in [9.17, 15) is 24.3 Å². The molecule has 1 rings (SSSR count). The minimum absolute atomic E-state index is 0.0379. The number of phenols is 1. The third-order valence-electron chi connectivity index (χ3n) is 5.49. The molecule has 0 aliphatic carbocycles. The van der Waals surface area contributed by atoms with Gasteiger partial charge in [0, 0.05) is 12.1 Å². The van der Waals surface area contributed by atoms with Gasteiger partial charge in [0.15, 0.2) is 0 Å². The van der Waals surface area contributed by atoms with Crippen LogP contribution in [0.1, 0.15) is 78.0 Å². The molecule has 3 amide bonds. The number of hydrogen-bond acceptors (Lipinski definition) is 7. The smallest absolute Gasteiger partial charge is 0.408 e. The molecule has 0 spiro atoms. The molecule has 1 aromatic carbocycles. The highest BCUT2D eigenvalue weighted by Gasteiger charge is 2.37. The summed E-state index contributed by atoms with van der Waals surface area (Å²) in [7, 11) is 1.20. The van der Waals surface area contributed by atoms with E-state index in [2.05, 4.69) is 15.4 Å². The van der Waals surface area contributed by atoms with E-state index in [1.54, 1.807) is 45.9 Å². The molecule has 0 bridgehead atoms. The summed E-state index contributed by atoms with van der Waals surface area (Å²) in [5.41, 5.74) is -0.0229. The highest BCUT2D eigenvalue weighted by atomic mass is 16.6. The Morgan fingerprint density at radius 3 is 2.32 bits per heavy atom. The number of benzene rings is 1. The number of aryl methyl sites for hydroxylation is 1. The number of carbonyl (C=O) groups excluding carboxylic acids is 4. The number of methoxy groups -OCH3 is 1. The molecule has 3 N–H and O–H groups in total. The van der Waals surface area contributed by atoms with Crippen molar-refractivity contribution in [3.8, 4) is 5.75 Å². The number of unbranched alkanes of at least 4 members (excludes halogenated alkanes) is 1. The number of phenolic OH excluding ortho intramolecular Hbond substituents is 1. The average Bonchev–Trinajstić information content (AvgIpc) is 2.79. The lowest BCUT2D eigenvalue weighted by Crippen LogP contribution is -2.54. The summed E-state index contributed by atoms with van der Waals surface area (Å²) in [5.74, 6) is -1.90. The Balaban J connectivity index is 3.54. The first kappa shape index (κ1) is 31.7. The minimum atomic E-state index is -1.25. The first-order chi connectivity index (χ1) is 17.2. The van der Waals surface area contributed by atoms with Crippen LogP contribution in [-0.2, 0) is 23.9 Å². The second-order valence-corrected chi connectivity index (χ2v) is 10.4. The van der Waals surface area contributed by atoms with E-state index < -0.39 is 48.1 Å². The third-order valence-corrected chi connectivity index (χ3v) is 5.49. The van der Waals surface area contributed by atoms with Gasteiger partial charge in [-0.25, -0.2) is 4.79 Å². The Kier molecular flexibility index (Phi) is 12.4. The van der Waals surface area contributed by atoms with E-state index >= 15 is 0 Å². The molecule has 1 aromatic rings. The highest BCUT2D eigenvalue weighted by Crippen LogP contribution is 2.32. The maximum atomic E-state index is 14.0. The topological polar surface area (TPSA) is 134 Å². The molecule has 0 fully saturated rings. The molecule has 0 aromatic heterocycles. The fraction of sp³-hybridized carbons (Fsp3) is 0.630. The molecule has 37 heavy (non-hydrogen) atoms. The fourth-order valence-corrected chi connectivity index (χ4v) is 3.72. The Morgan fingerprint density at radius 2 is 1.78 bits per heavy atom. The van der Waals surface area contributed by atoms with E-state index in [4.69, 9.17) is 4.74 Å². The van der Waals surface area contributed by atoms with Gasteiger partial charge in [0.1, 0.15) is 30.0 Å². The number of alkyl carbamates (subject to hydrolysis) is 1. The van der Waals surface area contributed by atoms with Gasteiger partial charge in [0.25, 0.3) is 0 Å². The molecule has 0 radical (unpaired) electrons. The van der Waals surface area contributed by atoms with Crippen molar-refractivity contribution < 1.29 is 33.8 Å². The van der Waals surface area contributed by atoms with Crippen molar-refractivity contribution in [3.05, 3.63) is 29.3 Å². The van der Waals surface area contributed by atoms with E-state index in [0.717, 1.165) is 6.42 Å². The molecule has 0 saturated heterocycles. The molecule has 0 aliphatic heterocycles. The summed E-state index contributed by atoms with van der Waals surface area (Å²) in [6, 6.07) is 2.70. The SMILES string of the molecule is CCCCN(C(=O)C(CC(C)C)NC(=O)OC(C)(C)C)C(C(=O)NCC(=O)OC)c1cccc(C)c1O. The molecular weight excluding hydrogens is 478 g/mol. The van der Waals surface area contributed by atoms with Crippen molar-refractivity contribution in [2.45, 2.75) is 85.4 Å². The maximum Gasteiger partial charge on any atom is 0.408 e. The Labute approximate surface area is 220 Å². The molecule has 10 nitrogen and oxygen atoms in total. The second-order valence-electron chi connectivity index (χ2n) is 10.4. The van der Waals surface area contributed by atoms with Crippen LogP contribution in [-0.4, -0.2) is 65.7 Å². The van der Waals surface area contributed by atoms with Crippen LogP contribution in [0.25, 0.3) is 0 Å². The first-order valence-electron chi connectivity index (χ1n) is 12.6. The minimum Gasteiger partial charge on any atom is -0.507 e. The standard InChI is InChI=1S/C27H43N3O7/c1-9-10-14-30(25(34)20(15-17(2)3)29-26(35)37-27(5,6)7)22(24(33)28-16-21(31)36-8)19-13-11-12-18(4)23(19)32/h11-13,17,20,22,32H,9-10,14-16H2,1-8H3,(H,28,33)(H,29,35). The zero-order valence-corrected chi connectivity index (χ0v) is 23.3. The Hall–Kier alpha value is -3.30. The predicted molar refractivity (Wildman–Crippen MR) is 140 cm³/mol. The van der Waals surface area contributed by atoms with Gasteiger partial charge < -0.3 is 30.1 Å². The number of hydrogen-bond donors (Lipinski definition) is 3. The fourth-order valence-electron chi connectivity index (χ4n) is 3.72. The number of ether oxygens (including phenoxy) is 2. The van der Waals surface area contributed by atoms with Crippen molar-refractivity contribution >= 4 is 23.9 Å². The molecule has 2 unspecified atom stereocenters. The van der Waals surface area contributed by atoms with E-state index in [1.807, 2.05) is 20.8 Å². The molecule has 208 valence electrons. The monoisotopic (exact) mass is 521 g/mol. The summed E-state index contributed by atoms with van der Waals surface area (Å²) < 4.78 is 10.00. The molecule has 0 saturated carbocycles. The Bertz CT molecular complexity index is 940. The number of rotatable bonds is 12. The van der Waals surface area contributed by atoms with Crippen LogP contribution in [0, 0.1) is 12.8 Å². The van der Waals surface area contributed by atoms with Crippen molar-refractivity contribution in [3.63, 3.8) is 0 Å². The van der Waals surface area contributed by atoms with Crippen LogP contribution >= 0.6 is 0 Å². The summed E-state index contributed by atoms with van der Waals surface area (Å²) >= 11 is 0. The van der Waals surface area contributed by atoms with Gasteiger partial charge in [-0.05, 0) is 52.0 Å². The molecule has 2 atom stereocenters. The lowest BCUT2D eigenvalue weighted by atomic mass is 9.97. The van der Waals surface area contributed by atoms with Crippen molar-refractivity contribution in [1.29, 1.82) is 0 Å². The number of nitrogens with zero attached hydrogens (tertiary/aromatic N) is 1. The van der Waals surface area contributed by atoms with Crippen LogP contribution in [0.2, 0.25) is 0 Å². The van der Waals surface area contributed by atoms with Crippen LogP contribution in [0.4, 0.5) is 4.79 Å². The zero-order valence-electron chi connectivity index (χ0n) is 23.3. The second kappa shape index (κ2) is 14.4. The van der Waals surface area contributed by atoms with Gasteiger partial charge >= 0.3 is 12.1 Å².